The standard InChI is InChI=1S/C42H50N6O7/c43-37-10-5-6-11-38(37)45-41(51)13-4-2-1-3-12-40(50)44-33-9-7-8-32(26-33)42-54-36(27-39(55-42)31-16-14-30(29-49)15-17-31)28-46-22-24-47(25-23-46)34-18-20-35(21-19-34)48(52)53/h5-11,14-21,26,36,39,42,49H,1-4,12-13,22-25,27-29,43H2,(H,44,50)(H,45,51)/t36-,39+,42+/m1/s1. The largest absolute Gasteiger partial charge is 0.397 e. The fraction of sp³-hybridized carbons (Fsp3) is 0.381. The first-order valence-corrected chi connectivity index (χ1v) is 19.0. The van der Waals surface area contributed by atoms with Crippen LogP contribution in [0.1, 0.15) is 74.0 Å². The Morgan fingerprint density at radius 3 is 2.16 bits per heavy atom. The highest BCUT2D eigenvalue weighted by atomic mass is 16.7. The fourth-order valence-electron chi connectivity index (χ4n) is 7.03. The van der Waals surface area contributed by atoms with Gasteiger partial charge in [-0.1, -0.05) is 61.4 Å². The first-order valence-electron chi connectivity index (χ1n) is 19.0. The Morgan fingerprint density at radius 1 is 0.800 bits per heavy atom. The lowest BCUT2D eigenvalue weighted by atomic mass is 9.99. The monoisotopic (exact) mass is 750 g/mol. The van der Waals surface area contributed by atoms with Crippen molar-refractivity contribution in [2.75, 3.05) is 54.0 Å². The van der Waals surface area contributed by atoms with Crippen LogP contribution in [0, 0.1) is 10.1 Å². The van der Waals surface area contributed by atoms with Crippen molar-refractivity contribution in [2.45, 2.75) is 70.1 Å². The molecule has 0 bridgehead atoms. The van der Waals surface area contributed by atoms with Crippen molar-refractivity contribution in [1.82, 2.24) is 4.90 Å². The van der Waals surface area contributed by atoms with Crippen LogP contribution < -0.4 is 21.3 Å². The Labute approximate surface area is 321 Å². The lowest BCUT2D eigenvalue weighted by molar-refractivity contribution is -0.384. The summed E-state index contributed by atoms with van der Waals surface area (Å²) in [6, 6.07) is 29.3. The quantitative estimate of drug-likeness (QED) is 0.0406. The van der Waals surface area contributed by atoms with Gasteiger partial charge in [-0.05, 0) is 60.4 Å². The summed E-state index contributed by atoms with van der Waals surface area (Å²) in [4.78, 5) is 40.5. The van der Waals surface area contributed by atoms with Gasteiger partial charge < -0.3 is 35.8 Å². The molecule has 13 heteroatoms. The zero-order chi connectivity index (χ0) is 38.6. The molecule has 5 N–H and O–H groups in total. The second kappa shape index (κ2) is 19.3. The van der Waals surface area contributed by atoms with Crippen LogP contribution >= 0.6 is 0 Å². The van der Waals surface area contributed by atoms with E-state index in [1.54, 1.807) is 36.4 Å². The Hall–Kier alpha value is -5.34. The van der Waals surface area contributed by atoms with E-state index in [-0.39, 0.29) is 41.2 Å². The minimum absolute atomic E-state index is 0.0330. The van der Waals surface area contributed by atoms with Crippen molar-refractivity contribution in [3.05, 3.63) is 124 Å². The van der Waals surface area contributed by atoms with E-state index >= 15 is 0 Å². The summed E-state index contributed by atoms with van der Waals surface area (Å²) in [7, 11) is 0. The number of nitrogens with one attached hydrogen (secondary N) is 2. The van der Waals surface area contributed by atoms with Crippen LogP contribution in [0.2, 0.25) is 0 Å². The summed E-state index contributed by atoms with van der Waals surface area (Å²) >= 11 is 0. The molecule has 2 aliphatic rings. The Kier molecular flexibility index (Phi) is 13.8. The normalized spacial score (nSPS) is 18.8. The summed E-state index contributed by atoms with van der Waals surface area (Å²) in [6.07, 6.45) is 3.53. The molecule has 2 aliphatic heterocycles. The zero-order valence-corrected chi connectivity index (χ0v) is 31.0. The second-order valence-electron chi connectivity index (χ2n) is 14.1. The number of benzene rings is 4. The topological polar surface area (TPSA) is 173 Å². The van der Waals surface area contributed by atoms with Gasteiger partial charge in [-0.25, -0.2) is 0 Å². The lowest BCUT2D eigenvalue weighted by Crippen LogP contribution is -2.49. The van der Waals surface area contributed by atoms with Crippen LogP contribution in [0.5, 0.6) is 0 Å². The van der Waals surface area contributed by atoms with E-state index in [1.807, 2.05) is 60.7 Å². The smallest absolute Gasteiger partial charge is 0.269 e. The van der Waals surface area contributed by atoms with Gasteiger partial charge in [0.1, 0.15) is 0 Å². The third kappa shape index (κ3) is 11.3. The van der Waals surface area contributed by atoms with Crippen LogP contribution in [0.15, 0.2) is 97.1 Å². The maximum Gasteiger partial charge on any atom is 0.269 e. The van der Waals surface area contributed by atoms with Crippen molar-refractivity contribution in [1.29, 1.82) is 0 Å². The Bertz CT molecular complexity index is 1880. The number of anilines is 4. The predicted octanol–water partition coefficient (Wildman–Crippen LogP) is 6.95. The number of non-ortho nitro benzene ring substituents is 1. The van der Waals surface area contributed by atoms with E-state index < -0.39 is 6.29 Å². The van der Waals surface area contributed by atoms with Gasteiger partial charge in [0.15, 0.2) is 6.29 Å². The molecule has 0 aromatic heterocycles. The highest BCUT2D eigenvalue weighted by molar-refractivity contribution is 5.93. The zero-order valence-electron chi connectivity index (χ0n) is 31.0. The Morgan fingerprint density at radius 2 is 1.49 bits per heavy atom. The maximum absolute atomic E-state index is 12.9. The third-order valence-corrected chi connectivity index (χ3v) is 10.1. The number of nitrogens with zero attached hydrogens (tertiary/aromatic N) is 3. The van der Waals surface area contributed by atoms with Crippen LogP contribution in [0.4, 0.5) is 28.4 Å². The van der Waals surface area contributed by atoms with Crippen molar-refractivity contribution < 1.29 is 29.1 Å². The first kappa shape index (κ1) is 39.4. The van der Waals surface area contributed by atoms with Crippen LogP contribution in [-0.2, 0) is 25.7 Å². The number of piperazine rings is 1. The number of aliphatic hydroxyl groups is 1. The molecule has 0 spiro atoms. The molecule has 2 saturated heterocycles. The minimum atomic E-state index is -0.657. The molecule has 6 rings (SSSR count). The van der Waals surface area contributed by atoms with E-state index in [4.69, 9.17) is 15.2 Å². The number of rotatable bonds is 16. The van der Waals surface area contributed by atoms with Crippen molar-refractivity contribution in [3.8, 4) is 0 Å². The lowest BCUT2D eigenvalue weighted by Gasteiger charge is -2.41. The average Bonchev–Trinajstić information content (AvgIpc) is 3.20. The molecule has 0 aliphatic carbocycles. The SMILES string of the molecule is Nc1ccccc1NC(=O)CCCCCCC(=O)Nc1cccc([C@H]2O[C@@H](CN3CCN(c4ccc([N+](=O)[O-])cc4)CC3)C[C@@H](c3ccc(CO)cc3)O2)c1. The van der Waals surface area contributed by atoms with Gasteiger partial charge in [0.2, 0.25) is 11.8 Å². The van der Waals surface area contributed by atoms with Gasteiger partial charge in [0.25, 0.3) is 5.69 Å². The second-order valence-corrected chi connectivity index (χ2v) is 14.1. The third-order valence-electron chi connectivity index (χ3n) is 10.1. The number of unbranched alkanes of at least 4 members (excludes halogenated alkanes) is 3. The van der Waals surface area contributed by atoms with Crippen LogP contribution in [0.25, 0.3) is 0 Å². The molecule has 290 valence electrons. The number of nitrogen functional groups attached to an aromatic ring is 1. The summed E-state index contributed by atoms with van der Waals surface area (Å²) < 4.78 is 13.2. The summed E-state index contributed by atoms with van der Waals surface area (Å²) in [5.41, 5.74) is 11.4. The molecule has 4 aromatic carbocycles. The fourth-order valence-corrected chi connectivity index (χ4v) is 7.03. The number of nitrogens with two attached hydrogens (primary N) is 1. The molecule has 13 nitrogen and oxygen atoms in total. The number of aliphatic hydroxyl groups excluding tert-OH is 1. The van der Waals surface area contributed by atoms with E-state index in [1.165, 1.54) is 0 Å². The van der Waals surface area contributed by atoms with Crippen molar-refractivity contribution in [2.24, 2.45) is 0 Å². The number of ether oxygens (including phenoxy) is 2. The molecule has 2 amide bonds. The molecular weight excluding hydrogens is 700 g/mol. The number of nitro groups is 1. The summed E-state index contributed by atoms with van der Waals surface area (Å²) in [5, 5.41) is 26.5. The molecular formula is C42H50N6O7. The van der Waals surface area contributed by atoms with E-state index in [0.717, 1.165) is 67.8 Å². The van der Waals surface area contributed by atoms with Gasteiger partial charge in [-0.15, -0.1) is 0 Å². The average molecular weight is 751 g/mol. The number of nitro benzene ring substituents is 1. The molecule has 0 unspecified atom stereocenters. The van der Waals surface area contributed by atoms with E-state index in [0.29, 0.717) is 49.3 Å². The van der Waals surface area contributed by atoms with Crippen molar-refractivity contribution in [3.63, 3.8) is 0 Å². The number of carbonyl (C=O) groups excluding carboxylic acids is 2. The minimum Gasteiger partial charge on any atom is -0.397 e. The molecule has 2 fully saturated rings. The summed E-state index contributed by atoms with van der Waals surface area (Å²) in [6.45, 7) is 3.90. The number of para-hydroxylation sites is 2. The van der Waals surface area contributed by atoms with E-state index in [9.17, 15) is 24.8 Å². The first-order chi connectivity index (χ1) is 26.7. The van der Waals surface area contributed by atoms with Gasteiger partial charge in [0, 0.05) is 81.1 Å². The molecule has 0 saturated carbocycles. The molecule has 55 heavy (non-hydrogen) atoms. The highest BCUT2D eigenvalue weighted by Gasteiger charge is 2.34. The number of hydrogen-bond acceptors (Lipinski definition) is 10. The van der Waals surface area contributed by atoms with E-state index in [2.05, 4.69) is 20.4 Å². The van der Waals surface area contributed by atoms with Gasteiger partial charge >= 0.3 is 0 Å². The summed E-state index contributed by atoms with van der Waals surface area (Å²) in [5.74, 6) is -0.147. The number of carbonyl (C=O) groups is 2. The molecule has 4 aromatic rings. The highest BCUT2D eigenvalue weighted by Crippen LogP contribution is 2.39. The molecule has 3 atom stereocenters. The Balaban J connectivity index is 1.00. The van der Waals surface area contributed by atoms with Gasteiger partial charge in [0.05, 0.1) is 35.1 Å². The molecule has 0 radical (unpaired) electrons. The van der Waals surface area contributed by atoms with Crippen LogP contribution in [0.3, 0.4) is 0 Å². The number of hydrogen-bond donors (Lipinski definition) is 4. The number of amides is 2. The van der Waals surface area contributed by atoms with Crippen molar-refractivity contribution >= 4 is 40.3 Å². The maximum atomic E-state index is 12.9. The van der Waals surface area contributed by atoms with Crippen LogP contribution in [-0.4, -0.2) is 65.6 Å². The van der Waals surface area contributed by atoms with Gasteiger partial charge in [-0.2, -0.15) is 0 Å². The predicted molar refractivity (Wildman–Crippen MR) is 212 cm³/mol. The van der Waals surface area contributed by atoms with Gasteiger partial charge in [-0.3, -0.25) is 24.6 Å². The molecule has 2 heterocycles.